The van der Waals surface area contributed by atoms with E-state index in [0.29, 0.717) is 28.2 Å². The lowest BCUT2D eigenvalue weighted by atomic mass is 10.3. The van der Waals surface area contributed by atoms with Gasteiger partial charge in [-0.15, -0.1) is 0 Å². The van der Waals surface area contributed by atoms with E-state index in [0.717, 1.165) is 0 Å². The van der Waals surface area contributed by atoms with Crippen molar-refractivity contribution in [1.82, 2.24) is 9.36 Å². The average molecular weight is 237 g/mol. The number of ether oxygens (including phenoxy) is 2. The first-order valence-electron chi connectivity index (χ1n) is 4.60. The van der Waals surface area contributed by atoms with Crippen molar-refractivity contribution in [3.63, 3.8) is 0 Å². The molecule has 5 nitrogen and oxygen atoms in total. The van der Waals surface area contributed by atoms with Crippen LogP contribution < -0.4 is 15.2 Å². The number of nitrogen functional groups attached to an aromatic ring is 1. The van der Waals surface area contributed by atoms with Gasteiger partial charge in [0, 0.05) is 17.6 Å². The number of nitrogens with two attached hydrogens (primary N) is 1. The van der Waals surface area contributed by atoms with Gasteiger partial charge in [-0.1, -0.05) is 0 Å². The molecule has 0 fully saturated rings. The van der Waals surface area contributed by atoms with Crippen LogP contribution in [0.25, 0.3) is 0 Å². The third kappa shape index (κ3) is 2.22. The Bertz CT molecular complexity index is 499. The Morgan fingerprint density at radius 2 is 2.19 bits per heavy atom. The lowest BCUT2D eigenvalue weighted by Crippen LogP contribution is -1.93. The zero-order chi connectivity index (χ0) is 11.5. The number of hydrogen-bond acceptors (Lipinski definition) is 6. The molecule has 0 radical (unpaired) electrons. The molecule has 6 heteroatoms. The number of nitrogens with zero attached hydrogens (tertiary/aromatic N) is 2. The highest BCUT2D eigenvalue weighted by atomic mass is 32.1. The molecule has 0 aliphatic rings. The molecule has 0 spiro atoms. The molecule has 16 heavy (non-hydrogen) atoms. The van der Waals surface area contributed by atoms with Gasteiger partial charge in [-0.05, 0) is 19.1 Å². The van der Waals surface area contributed by atoms with Crippen molar-refractivity contribution in [3.05, 3.63) is 24.0 Å². The highest BCUT2D eigenvalue weighted by Crippen LogP contribution is 2.29. The van der Waals surface area contributed by atoms with E-state index in [4.69, 9.17) is 15.2 Å². The highest BCUT2D eigenvalue weighted by Gasteiger charge is 2.05. The van der Waals surface area contributed by atoms with E-state index in [1.165, 1.54) is 11.5 Å². The summed E-state index contributed by atoms with van der Waals surface area (Å²) in [4.78, 5) is 4.09. The number of benzene rings is 1. The molecule has 2 rings (SSSR count). The van der Waals surface area contributed by atoms with Crippen LogP contribution in [0, 0.1) is 6.92 Å². The van der Waals surface area contributed by atoms with Gasteiger partial charge in [0.15, 0.2) is 0 Å². The van der Waals surface area contributed by atoms with Crippen molar-refractivity contribution in [2.24, 2.45) is 0 Å². The van der Waals surface area contributed by atoms with Crippen molar-refractivity contribution in [1.29, 1.82) is 0 Å². The molecule has 0 atom stereocenters. The van der Waals surface area contributed by atoms with Crippen LogP contribution in [0.2, 0.25) is 0 Å². The second-order valence-corrected chi connectivity index (χ2v) is 3.83. The van der Waals surface area contributed by atoms with Crippen LogP contribution in [0.5, 0.6) is 16.7 Å². The molecule has 0 saturated heterocycles. The summed E-state index contributed by atoms with van der Waals surface area (Å²) in [5, 5.41) is 0.502. The van der Waals surface area contributed by atoms with Crippen molar-refractivity contribution >= 4 is 17.2 Å². The molecule has 0 aliphatic carbocycles. The van der Waals surface area contributed by atoms with E-state index in [1.807, 2.05) is 6.92 Å². The molecule has 2 aromatic rings. The molecule has 0 amide bonds. The van der Waals surface area contributed by atoms with E-state index < -0.39 is 0 Å². The Balaban J connectivity index is 2.19. The Morgan fingerprint density at radius 1 is 1.38 bits per heavy atom. The van der Waals surface area contributed by atoms with E-state index in [-0.39, 0.29) is 0 Å². The maximum absolute atomic E-state index is 5.75. The highest BCUT2D eigenvalue weighted by molar-refractivity contribution is 7.07. The second-order valence-electron chi connectivity index (χ2n) is 3.11. The zero-order valence-corrected chi connectivity index (χ0v) is 9.75. The van der Waals surface area contributed by atoms with Gasteiger partial charge >= 0.3 is 0 Å². The van der Waals surface area contributed by atoms with Gasteiger partial charge in [-0.2, -0.15) is 9.36 Å². The van der Waals surface area contributed by atoms with Crippen LogP contribution in [-0.4, -0.2) is 16.5 Å². The summed E-state index contributed by atoms with van der Waals surface area (Å²) in [6.45, 7) is 1.81. The van der Waals surface area contributed by atoms with E-state index in [9.17, 15) is 0 Å². The number of aryl methyl sites for hydroxylation is 1. The summed E-state index contributed by atoms with van der Waals surface area (Å²) >= 11 is 1.20. The lowest BCUT2D eigenvalue weighted by molar-refractivity contribution is 0.415. The number of hydrogen-bond donors (Lipinski definition) is 1. The van der Waals surface area contributed by atoms with Gasteiger partial charge in [0.1, 0.15) is 17.3 Å². The predicted octanol–water partition coefficient (Wildman–Crippen LogP) is 2.23. The van der Waals surface area contributed by atoms with E-state index in [1.54, 1.807) is 25.3 Å². The van der Waals surface area contributed by atoms with Crippen LogP contribution in [0.4, 0.5) is 5.69 Å². The Morgan fingerprint density at radius 3 is 2.75 bits per heavy atom. The Labute approximate surface area is 97.0 Å². The molecule has 84 valence electrons. The maximum Gasteiger partial charge on any atom is 0.298 e. The fraction of sp³-hybridized carbons (Fsp3) is 0.200. The standard InChI is InChI=1S/C10H11N3O2S/c1-6-12-10(16-13-6)15-7-3-4-9(14-2)8(11)5-7/h3-5H,11H2,1-2H3. The van der Waals surface area contributed by atoms with Crippen molar-refractivity contribution in [2.45, 2.75) is 6.92 Å². The van der Waals surface area contributed by atoms with Crippen molar-refractivity contribution < 1.29 is 9.47 Å². The average Bonchev–Trinajstić information content (AvgIpc) is 2.64. The van der Waals surface area contributed by atoms with Crippen LogP contribution in [-0.2, 0) is 0 Å². The van der Waals surface area contributed by atoms with Crippen LogP contribution in [0.1, 0.15) is 5.82 Å². The Hall–Kier alpha value is -1.82. The van der Waals surface area contributed by atoms with Gasteiger partial charge in [0.25, 0.3) is 5.19 Å². The van der Waals surface area contributed by atoms with Crippen molar-refractivity contribution in [2.75, 3.05) is 12.8 Å². The fourth-order valence-electron chi connectivity index (χ4n) is 1.20. The SMILES string of the molecule is COc1ccc(Oc2nc(C)ns2)cc1N. The zero-order valence-electron chi connectivity index (χ0n) is 8.93. The molecular formula is C10H11N3O2S. The minimum Gasteiger partial charge on any atom is -0.495 e. The number of methoxy groups -OCH3 is 1. The number of anilines is 1. The van der Waals surface area contributed by atoms with Gasteiger partial charge in [-0.3, -0.25) is 0 Å². The Kier molecular flexibility index (Phi) is 2.91. The first-order valence-corrected chi connectivity index (χ1v) is 5.38. The quantitative estimate of drug-likeness (QED) is 0.829. The molecule has 2 N–H and O–H groups in total. The molecule has 0 aliphatic heterocycles. The van der Waals surface area contributed by atoms with Gasteiger partial charge < -0.3 is 15.2 Å². The predicted molar refractivity (Wildman–Crippen MR) is 62.1 cm³/mol. The summed E-state index contributed by atoms with van der Waals surface area (Å²) < 4.78 is 14.6. The first kappa shape index (κ1) is 10.7. The minimum atomic E-state index is 0.502. The molecule has 0 bridgehead atoms. The maximum atomic E-state index is 5.75. The monoisotopic (exact) mass is 237 g/mol. The summed E-state index contributed by atoms with van der Waals surface area (Å²) in [5.41, 5.74) is 6.28. The van der Waals surface area contributed by atoms with E-state index in [2.05, 4.69) is 9.36 Å². The second kappa shape index (κ2) is 4.36. The molecular weight excluding hydrogens is 226 g/mol. The largest absolute Gasteiger partial charge is 0.495 e. The smallest absolute Gasteiger partial charge is 0.298 e. The molecule has 1 aromatic heterocycles. The summed E-state index contributed by atoms with van der Waals surface area (Å²) in [6, 6.07) is 5.21. The fourth-order valence-corrected chi connectivity index (χ4v) is 1.75. The van der Waals surface area contributed by atoms with Crippen LogP contribution >= 0.6 is 11.5 Å². The first-order chi connectivity index (χ1) is 7.69. The topological polar surface area (TPSA) is 70.3 Å². The lowest BCUT2D eigenvalue weighted by Gasteiger charge is -2.06. The number of rotatable bonds is 3. The van der Waals surface area contributed by atoms with Gasteiger partial charge in [-0.25, -0.2) is 0 Å². The van der Waals surface area contributed by atoms with Crippen LogP contribution in [0.3, 0.4) is 0 Å². The third-order valence-electron chi connectivity index (χ3n) is 1.92. The van der Waals surface area contributed by atoms with E-state index >= 15 is 0 Å². The van der Waals surface area contributed by atoms with Gasteiger partial charge in [0.05, 0.1) is 12.8 Å². The molecule has 1 aromatic carbocycles. The summed E-state index contributed by atoms with van der Waals surface area (Å²) in [7, 11) is 1.57. The number of aromatic nitrogens is 2. The van der Waals surface area contributed by atoms with Crippen LogP contribution in [0.15, 0.2) is 18.2 Å². The van der Waals surface area contributed by atoms with Crippen molar-refractivity contribution in [3.8, 4) is 16.7 Å². The summed E-state index contributed by atoms with van der Waals surface area (Å²) in [5.74, 6) is 1.94. The molecule has 1 heterocycles. The third-order valence-corrected chi connectivity index (χ3v) is 2.60. The molecule has 0 saturated carbocycles. The van der Waals surface area contributed by atoms with Gasteiger partial charge in [0.2, 0.25) is 0 Å². The minimum absolute atomic E-state index is 0.502. The summed E-state index contributed by atoms with van der Waals surface area (Å²) in [6.07, 6.45) is 0. The normalized spacial score (nSPS) is 10.1. The molecule has 0 unspecified atom stereocenters.